The smallest absolute Gasteiger partial charge is 0.271 e. The third kappa shape index (κ3) is 7.52. The first kappa shape index (κ1) is 28.0. The van der Waals surface area contributed by atoms with Crippen LogP contribution >= 0.6 is 27.5 Å². The summed E-state index contributed by atoms with van der Waals surface area (Å²) in [6.07, 6.45) is 1.51. The molecule has 1 amide bonds. The Morgan fingerprint density at radius 1 is 0.872 bits per heavy atom. The molecule has 0 saturated carbocycles. The molecule has 4 aromatic carbocycles. The van der Waals surface area contributed by atoms with Gasteiger partial charge in [-0.05, 0) is 63.5 Å². The Morgan fingerprint density at radius 3 is 2.36 bits per heavy atom. The van der Waals surface area contributed by atoms with Crippen LogP contribution in [0.5, 0.6) is 23.0 Å². The largest absolute Gasteiger partial charge is 0.493 e. The van der Waals surface area contributed by atoms with Crippen molar-refractivity contribution in [3.63, 3.8) is 0 Å². The molecular weight excluding hydrogens is 584 g/mol. The van der Waals surface area contributed by atoms with E-state index in [1.54, 1.807) is 31.4 Å². The number of rotatable bonds is 11. The van der Waals surface area contributed by atoms with E-state index in [1.165, 1.54) is 13.3 Å². The molecule has 0 aliphatic heterocycles. The summed E-state index contributed by atoms with van der Waals surface area (Å²) >= 11 is 9.76. The molecule has 39 heavy (non-hydrogen) atoms. The normalized spacial score (nSPS) is 10.8. The van der Waals surface area contributed by atoms with Crippen LogP contribution in [-0.4, -0.2) is 26.3 Å². The fourth-order valence-corrected chi connectivity index (χ4v) is 4.38. The highest BCUT2D eigenvalue weighted by atomic mass is 79.9. The molecule has 0 bridgehead atoms. The summed E-state index contributed by atoms with van der Waals surface area (Å²) in [5.74, 6) is 1.61. The molecular formula is C30H26BrClN2O5. The van der Waals surface area contributed by atoms with Gasteiger partial charge in [0.15, 0.2) is 23.0 Å². The lowest BCUT2D eigenvalue weighted by Gasteiger charge is -2.14. The third-order valence-electron chi connectivity index (χ3n) is 5.62. The van der Waals surface area contributed by atoms with Gasteiger partial charge < -0.3 is 18.9 Å². The van der Waals surface area contributed by atoms with E-state index >= 15 is 0 Å². The number of ether oxygens (including phenoxy) is 4. The second-order valence-corrected chi connectivity index (χ2v) is 9.51. The van der Waals surface area contributed by atoms with Crippen LogP contribution in [0, 0.1) is 0 Å². The van der Waals surface area contributed by atoms with Gasteiger partial charge in [0.1, 0.15) is 13.2 Å². The molecule has 9 heteroatoms. The van der Waals surface area contributed by atoms with Crippen molar-refractivity contribution in [1.82, 2.24) is 5.43 Å². The molecule has 4 rings (SSSR count). The third-order valence-corrected chi connectivity index (χ3v) is 6.58. The zero-order chi connectivity index (χ0) is 27.6. The van der Waals surface area contributed by atoms with Crippen LogP contribution in [0.3, 0.4) is 0 Å². The van der Waals surface area contributed by atoms with E-state index in [9.17, 15) is 4.79 Å². The first-order valence-electron chi connectivity index (χ1n) is 11.9. The molecule has 0 aliphatic carbocycles. The lowest BCUT2D eigenvalue weighted by atomic mass is 10.2. The van der Waals surface area contributed by atoms with Gasteiger partial charge in [-0.2, -0.15) is 5.10 Å². The van der Waals surface area contributed by atoms with Gasteiger partial charge in [0, 0.05) is 16.1 Å². The standard InChI is InChI=1S/C30H26BrClN2O5/c1-36-27-16-22(12-13-26(27)38-18-20-8-4-3-5-9-20)30(35)34-33-17-21-14-24(31)29(28(15-21)37-2)39-19-23-10-6-7-11-25(23)32/h3-17H,18-19H2,1-2H3,(H,34,35)/b33-17+. The van der Waals surface area contributed by atoms with Gasteiger partial charge in [0.2, 0.25) is 0 Å². The minimum atomic E-state index is -0.398. The van der Waals surface area contributed by atoms with E-state index in [1.807, 2.05) is 60.7 Å². The summed E-state index contributed by atoms with van der Waals surface area (Å²) in [5.41, 5.74) is 5.47. The van der Waals surface area contributed by atoms with Gasteiger partial charge in [-0.25, -0.2) is 5.43 Å². The maximum Gasteiger partial charge on any atom is 0.271 e. The Balaban J connectivity index is 1.39. The first-order chi connectivity index (χ1) is 19.0. The topological polar surface area (TPSA) is 78.4 Å². The van der Waals surface area contributed by atoms with E-state index in [2.05, 4.69) is 26.5 Å². The lowest BCUT2D eigenvalue weighted by molar-refractivity contribution is 0.0954. The zero-order valence-electron chi connectivity index (χ0n) is 21.3. The monoisotopic (exact) mass is 608 g/mol. The average Bonchev–Trinajstić information content (AvgIpc) is 2.96. The summed E-state index contributed by atoms with van der Waals surface area (Å²) in [7, 11) is 3.07. The van der Waals surface area contributed by atoms with Gasteiger partial charge in [-0.15, -0.1) is 0 Å². The van der Waals surface area contributed by atoms with E-state index in [-0.39, 0.29) is 6.61 Å². The highest BCUT2D eigenvalue weighted by molar-refractivity contribution is 9.10. The molecule has 4 aromatic rings. The summed E-state index contributed by atoms with van der Waals surface area (Å²) in [6, 6.07) is 25.8. The Kier molecular flexibility index (Phi) is 9.83. The van der Waals surface area contributed by atoms with Gasteiger partial charge in [-0.3, -0.25) is 4.79 Å². The molecule has 0 spiro atoms. The van der Waals surface area contributed by atoms with Crippen LogP contribution in [0.25, 0.3) is 0 Å². The molecule has 0 aromatic heterocycles. The van der Waals surface area contributed by atoms with Crippen molar-refractivity contribution in [1.29, 1.82) is 0 Å². The number of carbonyl (C=O) groups excluding carboxylic acids is 1. The number of benzene rings is 4. The predicted molar refractivity (Wildman–Crippen MR) is 155 cm³/mol. The molecule has 1 N–H and O–H groups in total. The van der Waals surface area contributed by atoms with Crippen molar-refractivity contribution < 1.29 is 23.7 Å². The maximum absolute atomic E-state index is 12.7. The summed E-state index contributed by atoms with van der Waals surface area (Å²) in [6.45, 7) is 0.660. The quantitative estimate of drug-likeness (QED) is 0.146. The average molecular weight is 610 g/mol. The van der Waals surface area contributed by atoms with Gasteiger partial charge in [-0.1, -0.05) is 60.1 Å². The number of methoxy groups -OCH3 is 2. The Hall–Kier alpha value is -4.01. The van der Waals surface area contributed by atoms with Crippen molar-refractivity contribution >= 4 is 39.7 Å². The lowest BCUT2D eigenvalue weighted by Crippen LogP contribution is -2.17. The first-order valence-corrected chi connectivity index (χ1v) is 13.1. The van der Waals surface area contributed by atoms with Crippen LogP contribution in [0.4, 0.5) is 0 Å². The molecule has 0 atom stereocenters. The van der Waals surface area contributed by atoms with Crippen LogP contribution < -0.4 is 24.4 Å². The van der Waals surface area contributed by atoms with Crippen molar-refractivity contribution in [2.45, 2.75) is 13.2 Å². The van der Waals surface area contributed by atoms with E-state index in [0.29, 0.717) is 50.2 Å². The van der Waals surface area contributed by atoms with Gasteiger partial charge in [0.25, 0.3) is 5.91 Å². The summed E-state index contributed by atoms with van der Waals surface area (Å²) in [5, 5.41) is 4.72. The van der Waals surface area contributed by atoms with Crippen molar-refractivity contribution in [3.8, 4) is 23.0 Å². The van der Waals surface area contributed by atoms with Gasteiger partial charge in [0.05, 0.1) is 24.9 Å². The highest BCUT2D eigenvalue weighted by Crippen LogP contribution is 2.37. The van der Waals surface area contributed by atoms with Crippen LogP contribution in [0.1, 0.15) is 27.0 Å². The number of hydrazone groups is 1. The number of nitrogens with one attached hydrogen (secondary N) is 1. The minimum Gasteiger partial charge on any atom is -0.493 e. The summed E-state index contributed by atoms with van der Waals surface area (Å²) in [4.78, 5) is 12.7. The second kappa shape index (κ2) is 13.7. The van der Waals surface area contributed by atoms with E-state index in [4.69, 9.17) is 30.5 Å². The fourth-order valence-electron chi connectivity index (χ4n) is 3.61. The van der Waals surface area contributed by atoms with Crippen LogP contribution in [-0.2, 0) is 13.2 Å². The number of carbonyl (C=O) groups is 1. The SMILES string of the molecule is COc1cc(C(=O)N/N=C/c2cc(Br)c(OCc3ccccc3Cl)c(OC)c2)ccc1OCc1ccccc1. The van der Waals surface area contributed by atoms with E-state index < -0.39 is 5.91 Å². The number of hydrogen-bond acceptors (Lipinski definition) is 6. The molecule has 200 valence electrons. The molecule has 0 heterocycles. The van der Waals surface area contributed by atoms with Crippen molar-refractivity contribution in [2.75, 3.05) is 14.2 Å². The highest BCUT2D eigenvalue weighted by Gasteiger charge is 2.14. The number of amides is 1. The summed E-state index contributed by atoms with van der Waals surface area (Å²) < 4.78 is 23.4. The zero-order valence-corrected chi connectivity index (χ0v) is 23.7. The number of nitrogens with zero attached hydrogens (tertiary/aromatic N) is 1. The number of halogens is 2. The Morgan fingerprint density at radius 2 is 1.62 bits per heavy atom. The Bertz CT molecular complexity index is 1460. The number of hydrogen-bond donors (Lipinski definition) is 1. The minimum absolute atomic E-state index is 0.275. The van der Waals surface area contributed by atoms with E-state index in [0.717, 1.165) is 11.1 Å². The van der Waals surface area contributed by atoms with Gasteiger partial charge >= 0.3 is 0 Å². The van der Waals surface area contributed by atoms with Crippen molar-refractivity contribution in [3.05, 3.63) is 117 Å². The molecule has 0 aliphatic rings. The van der Waals surface area contributed by atoms with Crippen LogP contribution in [0.2, 0.25) is 5.02 Å². The Labute approximate surface area is 240 Å². The molecule has 0 saturated heterocycles. The molecule has 0 fully saturated rings. The second-order valence-electron chi connectivity index (χ2n) is 8.25. The van der Waals surface area contributed by atoms with Crippen LogP contribution in [0.15, 0.2) is 94.5 Å². The van der Waals surface area contributed by atoms with Crippen molar-refractivity contribution in [2.24, 2.45) is 5.10 Å². The maximum atomic E-state index is 12.7. The molecule has 7 nitrogen and oxygen atoms in total. The molecule has 0 radical (unpaired) electrons. The predicted octanol–water partition coefficient (Wildman–Crippen LogP) is 7.04. The molecule has 0 unspecified atom stereocenters. The fraction of sp³-hybridized carbons (Fsp3) is 0.133.